The van der Waals surface area contributed by atoms with Crippen LogP contribution in [0.4, 0.5) is 4.79 Å². The van der Waals surface area contributed by atoms with E-state index in [9.17, 15) is 19.5 Å². The van der Waals surface area contributed by atoms with Crippen LogP contribution in [-0.4, -0.2) is 56.8 Å². The second-order valence-electron chi connectivity index (χ2n) is 7.78. The fourth-order valence-electron chi connectivity index (χ4n) is 4.05. The number of thiazole rings is 1. The third-order valence-electron chi connectivity index (χ3n) is 5.34. The van der Waals surface area contributed by atoms with Crippen molar-refractivity contribution in [2.24, 2.45) is 11.3 Å². The largest absolute Gasteiger partial charge is 0.479 e. The van der Waals surface area contributed by atoms with Crippen molar-refractivity contribution in [1.29, 1.82) is 0 Å². The monoisotopic (exact) mass is 381 g/mol. The molecule has 144 valence electrons. The number of amides is 2. The van der Waals surface area contributed by atoms with E-state index in [1.54, 1.807) is 10.3 Å². The zero-order valence-electron chi connectivity index (χ0n) is 16.0. The number of carbonyl (C=O) groups is 3. The highest BCUT2D eigenvalue weighted by Crippen LogP contribution is 2.45. The van der Waals surface area contributed by atoms with Gasteiger partial charge < -0.3 is 14.9 Å². The number of aldehydes is 1. The van der Waals surface area contributed by atoms with E-state index in [1.807, 2.05) is 34.6 Å². The molecule has 7 nitrogen and oxygen atoms in total. The summed E-state index contributed by atoms with van der Waals surface area (Å²) in [4.78, 5) is 43.6. The molecule has 1 aromatic heterocycles. The van der Waals surface area contributed by atoms with Gasteiger partial charge in [0.1, 0.15) is 5.54 Å². The zero-order chi connectivity index (χ0) is 19.7. The molecule has 1 saturated heterocycles. The summed E-state index contributed by atoms with van der Waals surface area (Å²) in [6.07, 6.45) is 1.34. The van der Waals surface area contributed by atoms with Gasteiger partial charge in [-0.15, -0.1) is 11.3 Å². The average molecular weight is 381 g/mol. The van der Waals surface area contributed by atoms with Crippen molar-refractivity contribution in [3.8, 4) is 0 Å². The Morgan fingerprint density at radius 1 is 1.42 bits per heavy atom. The second-order valence-corrected chi connectivity index (χ2v) is 8.67. The molecule has 0 radical (unpaired) electrons. The lowest BCUT2D eigenvalue weighted by molar-refractivity contribution is -0.162. The van der Waals surface area contributed by atoms with Crippen LogP contribution in [0.3, 0.4) is 0 Å². The molecule has 26 heavy (non-hydrogen) atoms. The van der Waals surface area contributed by atoms with Gasteiger partial charge in [-0.05, 0) is 11.3 Å². The Morgan fingerprint density at radius 3 is 2.54 bits per heavy atom. The standard InChI is InChI=1S/C18H27N3O4S/c1-6-12(2)18(15(23)24,17(3,4)5)21-8-7-20(16(21)25)9-13-11-26-14(10-22)19-13/h10-12H,6-9H2,1-5H3,(H,23,24)/t12-,18+/m0/s1. The highest BCUT2D eigenvalue weighted by Gasteiger charge is 2.59. The van der Waals surface area contributed by atoms with Gasteiger partial charge in [-0.2, -0.15) is 0 Å². The predicted octanol–water partition coefficient (Wildman–Crippen LogP) is 3.11. The average Bonchev–Trinajstić information content (AvgIpc) is 3.15. The maximum Gasteiger partial charge on any atom is 0.330 e. The number of carboxylic acid groups (broad SMARTS) is 1. The van der Waals surface area contributed by atoms with Crippen LogP contribution in [0.5, 0.6) is 0 Å². The van der Waals surface area contributed by atoms with Gasteiger partial charge in [-0.25, -0.2) is 14.6 Å². The molecule has 1 N–H and O–H groups in total. The van der Waals surface area contributed by atoms with Gasteiger partial charge in [0, 0.05) is 18.5 Å². The molecule has 0 aliphatic carbocycles. The molecule has 1 aromatic rings. The van der Waals surface area contributed by atoms with E-state index in [1.165, 1.54) is 16.2 Å². The molecule has 2 heterocycles. The quantitative estimate of drug-likeness (QED) is 0.733. The number of carbonyl (C=O) groups excluding carboxylic acids is 2. The maximum absolute atomic E-state index is 13.1. The fourth-order valence-corrected chi connectivity index (χ4v) is 4.66. The molecule has 0 aromatic carbocycles. The van der Waals surface area contributed by atoms with E-state index >= 15 is 0 Å². The summed E-state index contributed by atoms with van der Waals surface area (Å²) in [5, 5.41) is 12.3. The van der Waals surface area contributed by atoms with Gasteiger partial charge in [-0.3, -0.25) is 4.79 Å². The van der Waals surface area contributed by atoms with Crippen LogP contribution in [0.25, 0.3) is 0 Å². The minimum absolute atomic E-state index is 0.204. The molecule has 0 bridgehead atoms. The van der Waals surface area contributed by atoms with Crippen LogP contribution in [0, 0.1) is 11.3 Å². The van der Waals surface area contributed by atoms with Crippen molar-refractivity contribution in [2.75, 3.05) is 13.1 Å². The Balaban J connectivity index is 2.34. The third kappa shape index (κ3) is 3.22. The molecule has 0 unspecified atom stereocenters. The predicted molar refractivity (Wildman–Crippen MR) is 99.3 cm³/mol. The summed E-state index contributed by atoms with van der Waals surface area (Å²) < 4.78 is 0. The first kappa shape index (κ1) is 20.4. The Hall–Kier alpha value is -1.96. The summed E-state index contributed by atoms with van der Waals surface area (Å²) in [5.74, 6) is -1.17. The molecule has 1 fully saturated rings. The fraction of sp³-hybridized carbons (Fsp3) is 0.667. The normalized spacial score (nSPS) is 18.7. The van der Waals surface area contributed by atoms with Crippen molar-refractivity contribution in [1.82, 2.24) is 14.8 Å². The van der Waals surface area contributed by atoms with E-state index < -0.39 is 16.9 Å². The molecule has 1 aliphatic rings. The van der Waals surface area contributed by atoms with Crippen LogP contribution in [-0.2, 0) is 11.3 Å². The molecular weight excluding hydrogens is 354 g/mol. The number of urea groups is 1. The van der Waals surface area contributed by atoms with E-state index in [0.717, 1.165) is 0 Å². The zero-order valence-corrected chi connectivity index (χ0v) is 16.8. The number of hydrogen-bond donors (Lipinski definition) is 1. The van der Waals surface area contributed by atoms with Crippen LogP contribution in [0.2, 0.25) is 0 Å². The molecule has 0 saturated carbocycles. The number of nitrogens with zero attached hydrogens (tertiary/aromatic N) is 3. The topological polar surface area (TPSA) is 90.8 Å². The first-order chi connectivity index (χ1) is 12.1. The van der Waals surface area contributed by atoms with Crippen LogP contribution in [0.15, 0.2) is 5.38 Å². The first-order valence-corrected chi connectivity index (χ1v) is 9.67. The minimum Gasteiger partial charge on any atom is -0.479 e. The van der Waals surface area contributed by atoms with Crippen molar-refractivity contribution >= 4 is 29.6 Å². The van der Waals surface area contributed by atoms with Gasteiger partial charge in [-0.1, -0.05) is 41.0 Å². The van der Waals surface area contributed by atoms with Crippen LogP contribution < -0.4 is 0 Å². The number of carboxylic acids is 1. The lowest BCUT2D eigenvalue weighted by atomic mass is 9.64. The SMILES string of the molecule is CC[C@H](C)[C@](C(=O)O)(N1CCN(Cc2csc(C=O)n2)C1=O)C(C)(C)C. The van der Waals surface area contributed by atoms with Crippen LogP contribution in [0.1, 0.15) is 56.5 Å². The van der Waals surface area contributed by atoms with Gasteiger partial charge in [0.25, 0.3) is 0 Å². The molecule has 2 amide bonds. The van der Waals surface area contributed by atoms with E-state index in [0.29, 0.717) is 36.5 Å². The number of rotatable bonds is 7. The smallest absolute Gasteiger partial charge is 0.330 e. The summed E-state index contributed by atoms with van der Waals surface area (Å²) in [6.45, 7) is 10.5. The molecule has 2 rings (SSSR count). The Bertz CT molecular complexity index is 697. The van der Waals surface area contributed by atoms with Gasteiger partial charge in [0.05, 0.1) is 12.2 Å². The van der Waals surface area contributed by atoms with E-state index in [-0.39, 0.29) is 18.5 Å². The summed E-state index contributed by atoms with van der Waals surface area (Å²) in [6, 6.07) is -0.289. The Labute approximate surface area is 158 Å². The lowest BCUT2D eigenvalue weighted by Gasteiger charge is -2.50. The second kappa shape index (κ2) is 7.34. The summed E-state index contributed by atoms with van der Waals surface area (Å²) in [5.41, 5.74) is -1.28. The highest BCUT2D eigenvalue weighted by atomic mass is 32.1. The Kier molecular flexibility index (Phi) is 5.75. The summed E-state index contributed by atoms with van der Waals surface area (Å²) >= 11 is 1.23. The number of aromatic nitrogens is 1. The van der Waals surface area contributed by atoms with E-state index in [2.05, 4.69) is 4.98 Å². The summed E-state index contributed by atoms with van der Waals surface area (Å²) in [7, 11) is 0. The maximum atomic E-state index is 13.1. The lowest BCUT2D eigenvalue weighted by Crippen LogP contribution is -2.66. The van der Waals surface area contributed by atoms with Crippen molar-refractivity contribution in [3.63, 3.8) is 0 Å². The molecule has 0 spiro atoms. The van der Waals surface area contributed by atoms with Crippen molar-refractivity contribution in [3.05, 3.63) is 16.1 Å². The van der Waals surface area contributed by atoms with Gasteiger partial charge >= 0.3 is 12.0 Å². The molecule has 8 heteroatoms. The highest BCUT2D eigenvalue weighted by molar-refractivity contribution is 7.11. The van der Waals surface area contributed by atoms with E-state index in [4.69, 9.17) is 0 Å². The van der Waals surface area contributed by atoms with Gasteiger partial charge in [0.2, 0.25) is 0 Å². The van der Waals surface area contributed by atoms with Gasteiger partial charge in [0.15, 0.2) is 11.3 Å². The van der Waals surface area contributed by atoms with Crippen molar-refractivity contribution in [2.45, 2.75) is 53.1 Å². The number of hydrogen-bond acceptors (Lipinski definition) is 5. The number of aliphatic carboxylic acids is 1. The third-order valence-corrected chi connectivity index (χ3v) is 6.16. The molecular formula is C18H27N3O4S. The van der Waals surface area contributed by atoms with Crippen LogP contribution >= 0.6 is 11.3 Å². The van der Waals surface area contributed by atoms with Crippen molar-refractivity contribution < 1.29 is 19.5 Å². The first-order valence-electron chi connectivity index (χ1n) is 8.79. The molecule has 2 atom stereocenters. The molecule has 1 aliphatic heterocycles. The minimum atomic E-state index is -1.29. The Morgan fingerprint density at radius 2 is 2.08 bits per heavy atom.